The molecule has 26 heavy (non-hydrogen) atoms. The van der Waals surface area contributed by atoms with Gasteiger partial charge in [0.05, 0.1) is 12.2 Å². The molecule has 1 aliphatic heterocycles. The summed E-state index contributed by atoms with van der Waals surface area (Å²) in [6.45, 7) is 3.77. The highest BCUT2D eigenvalue weighted by Gasteiger charge is 2.28. The molecule has 0 N–H and O–H groups in total. The van der Waals surface area contributed by atoms with Gasteiger partial charge in [-0.15, -0.1) is 10.2 Å². The molecule has 0 amide bonds. The summed E-state index contributed by atoms with van der Waals surface area (Å²) in [4.78, 5) is 14.8. The van der Waals surface area contributed by atoms with E-state index in [1.807, 2.05) is 12.4 Å². The molecule has 0 aromatic carbocycles. The number of likely N-dealkylation sites (tertiary alicyclic amines) is 1. The SMILES string of the molecule is O=c1cc2c(nn1CC1CCN(Cc3nncn3C3CC3)CC1)CCC2. The van der Waals surface area contributed by atoms with E-state index in [2.05, 4.69) is 24.8 Å². The molecule has 138 valence electrons. The first-order chi connectivity index (χ1) is 12.8. The Morgan fingerprint density at radius 3 is 2.77 bits per heavy atom. The summed E-state index contributed by atoms with van der Waals surface area (Å²) in [5.41, 5.74) is 2.38. The second kappa shape index (κ2) is 6.61. The summed E-state index contributed by atoms with van der Waals surface area (Å²) < 4.78 is 3.97. The van der Waals surface area contributed by atoms with Crippen LogP contribution in [0.1, 0.15) is 55.2 Å². The van der Waals surface area contributed by atoms with Gasteiger partial charge in [0, 0.05) is 18.7 Å². The van der Waals surface area contributed by atoms with Crippen LogP contribution in [0.25, 0.3) is 0 Å². The normalized spacial score (nSPS) is 21.2. The third kappa shape index (κ3) is 3.20. The average Bonchev–Trinajstić information content (AvgIpc) is 3.22. The zero-order valence-electron chi connectivity index (χ0n) is 15.2. The number of nitrogens with zero attached hydrogens (tertiary/aromatic N) is 6. The first kappa shape index (κ1) is 16.2. The lowest BCUT2D eigenvalue weighted by molar-refractivity contribution is 0.158. The van der Waals surface area contributed by atoms with Gasteiger partial charge in [-0.3, -0.25) is 9.69 Å². The fraction of sp³-hybridized carbons (Fsp3) is 0.684. The van der Waals surface area contributed by atoms with Crippen molar-refractivity contribution < 1.29 is 0 Å². The quantitative estimate of drug-likeness (QED) is 0.815. The molecular formula is C19H26N6O. The van der Waals surface area contributed by atoms with E-state index in [1.54, 1.807) is 4.68 Å². The molecule has 2 aromatic heterocycles. The Kier molecular flexibility index (Phi) is 4.11. The van der Waals surface area contributed by atoms with E-state index in [0.29, 0.717) is 12.0 Å². The maximum atomic E-state index is 12.3. The smallest absolute Gasteiger partial charge is 0.267 e. The summed E-state index contributed by atoms with van der Waals surface area (Å²) in [6, 6.07) is 2.45. The Bertz CT molecular complexity index is 844. The van der Waals surface area contributed by atoms with Gasteiger partial charge in [0.15, 0.2) is 0 Å². The van der Waals surface area contributed by atoms with Crippen molar-refractivity contribution in [3.05, 3.63) is 39.8 Å². The molecule has 1 saturated heterocycles. The van der Waals surface area contributed by atoms with Gasteiger partial charge in [-0.05, 0) is 69.5 Å². The van der Waals surface area contributed by atoms with Crippen LogP contribution in [-0.4, -0.2) is 42.5 Å². The largest absolute Gasteiger partial charge is 0.313 e. The van der Waals surface area contributed by atoms with E-state index < -0.39 is 0 Å². The van der Waals surface area contributed by atoms with Crippen molar-refractivity contribution in [1.29, 1.82) is 0 Å². The van der Waals surface area contributed by atoms with Crippen molar-refractivity contribution in [2.75, 3.05) is 13.1 Å². The van der Waals surface area contributed by atoms with Crippen LogP contribution in [0.15, 0.2) is 17.2 Å². The van der Waals surface area contributed by atoms with Crippen LogP contribution in [0.3, 0.4) is 0 Å². The van der Waals surface area contributed by atoms with Gasteiger partial charge in [0.25, 0.3) is 5.56 Å². The highest BCUT2D eigenvalue weighted by Crippen LogP contribution is 2.35. The van der Waals surface area contributed by atoms with Gasteiger partial charge >= 0.3 is 0 Å². The van der Waals surface area contributed by atoms with Crippen LogP contribution in [0, 0.1) is 5.92 Å². The highest BCUT2D eigenvalue weighted by atomic mass is 16.1. The van der Waals surface area contributed by atoms with Crippen LogP contribution in [-0.2, 0) is 25.9 Å². The molecule has 0 radical (unpaired) electrons. The lowest BCUT2D eigenvalue weighted by Crippen LogP contribution is -2.37. The minimum Gasteiger partial charge on any atom is -0.313 e. The summed E-state index contributed by atoms with van der Waals surface area (Å²) in [5, 5.41) is 13.1. The molecule has 0 spiro atoms. The second-order valence-electron chi connectivity index (χ2n) is 8.10. The molecule has 2 aromatic rings. The Morgan fingerprint density at radius 2 is 1.96 bits per heavy atom. The number of fused-ring (bicyclic) bond motifs is 1. The first-order valence-corrected chi connectivity index (χ1v) is 9.97. The van der Waals surface area contributed by atoms with E-state index in [4.69, 9.17) is 0 Å². The maximum absolute atomic E-state index is 12.3. The number of aryl methyl sites for hydroxylation is 2. The molecule has 2 fully saturated rings. The lowest BCUT2D eigenvalue weighted by Gasteiger charge is -2.31. The van der Waals surface area contributed by atoms with Crippen molar-refractivity contribution >= 4 is 0 Å². The van der Waals surface area contributed by atoms with Crippen molar-refractivity contribution in [1.82, 2.24) is 29.4 Å². The zero-order valence-corrected chi connectivity index (χ0v) is 15.2. The van der Waals surface area contributed by atoms with Crippen molar-refractivity contribution in [3.8, 4) is 0 Å². The van der Waals surface area contributed by atoms with Crippen LogP contribution < -0.4 is 5.56 Å². The second-order valence-corrected chi connectivity index (χ2v) is 8.10. The molecule has 3 aliphatic rings. The van der Waals surface area contributed by atoms with Gasteiger partial charge in [-0.2, -0.15) is 5.10 Å². The monoisotopic (exact) mass is 354 g/mol. The summed E-state index contributed by atoms with van der Waals surface area (Å²) in [7, 11) is 0. The molecule has 5 rings (SSSR count). The van der Waals surface area contributed by atoms with Crippen LogP contribution in [0.4, 0.5) is 0 Å². The number of hydrogen-bond acceptors (Lipinski definition) is 5. The van der Waals surface area contributed by atoms with E-state index in [0.717, 1.165) is 69.8 Å². The van der Waals surface area contributed by atoms with E-state index in [-0.39, 0.29) is 5.56 Å². The van der Waals surface area contributed by atoms with Gasteiger partial charge < -0.3 is 4.57 Å². The Labute approximate surface area is 153 Å². The van der Waals surface area contributed by atoms with Gasteiger partial charge in [-0.25, -0.2) is 4.68 Å². The lowest BCUT2D eigenvalue weighted by atomic mass is 9.97. The van der Waals surface area contributed by atoms with Crippen LogP contribution in [0.5, 0.6) is 0 Å². The number of hydrogen-bond donors (Lipinski definition) is 0. The molecule has 1 saturated carbocycles. The predicted octanol–water partition coefficient (Wildman–Crippen LogP) is 1.57. The van der Waals surface area contributed by atoms with Crippen molar-refractivity contribution in [3.63, 3.8) is 0 Å². The number of piperidine rings is 1. The highest BCUT2D eigenvalue weighted by molar-refractivity contribution is 5.22. The zero-order chi connectivity index (χ0) is 17.5. The Hall–Kier alpha value is -2.02. The predicted molar refractivity (Wildman–Crippen MR) is 96.8 cm³/mol. The van der Waals surface area contributed by atoms with Gasteiger partial charge in [-0.1, -0.05) is 0 Å². The molecule has 2 aliphatic carbocycles. The molecule has 0 unspecified atom stereocenters. The molecule has 0 atom stereocenters. The third-order valence-electron chi connectivity index (χ3n) is 6.11. The number of aromatic nitrogens is 5. The van der Waals surface area contributed by atoms with Crippen LogP contribution in [0.2, 0.25) is 0 Å². The van der Waals surface area contributed by atoms with Gasteiger partial charge in [0.2, 0.25) is 0 Å². The minimum absolute atomic E-state index is 0.0746. The summed E-state index contributed by atoms with van der Waals surface area (Å²) in [5.74, 6) is 1.64. The minimum atomic E-state index is 0.0746. The number of rotatable bonds is 5. The maximum Gasteiger partial charge on any atom is 0.267 e. The molecule has 3 heterocycles. The van der Waals surface area contributed by atoms with Crippen molar-refractivity contribution in [2.45, 2.75) is 64.1 Å². The topological polar surface area (TPSA) is 68.8 Å². The van der Waals surface area contributed by atoms with E-state index in [1.165, 1.54) is 18.4 Å². The Balaban J connectivity index is 1.18. The standard InChI is InChI=1S/C19H26N6O/c26-19-10-15-2-1-3-17(15)22-25(19)11-14-6-8-23(9-7-14)12-18-21-20-13-24(18)16-4-5-16/h10,13-14,16H,1-9,11-12H2. The first-order valence-electron chi connectivity index (χ1n) is 9.97. The van der Waals surface area contributed by atoms with Gasteiger partial charge in [0.1, 0.15) is 12.2 Å². The molecule has 0 bridgehead atoms. The summed E-state index contributed by atoms with van der Waals surface area (Å²) in [6.07, 6.45) is 9.80. The van der Waals surface area contributed by atoms with E-state index in [9.17, 15) is 4.79 Å². The fourth-order valence-electron chi connectivity index (χ4n) is 4.38. The third-order valence-corrected chi connectivity index (χ3v) is 6.11. The molecule has 7 heteroatoms. The fourth-order valence-corrected chi connectivity index (χ4v) is 4.38. The molecular weight excluding hydrogens is 328 g/mol. The van der Waals surface area contributed by atoms with Crippen molar-refractivity contribution in [2.24, 2.45) is 5.92 Å². The summed E-state index contributed by atoms with van der Waals surface area (Å²) >= 11 is 0. The van der Waals surface area contributed by atoms with Crippen LogP contribution >= 0.6 is 0 Å². The van der Waals surface area contributed by atoms with E-state index >= 15 is 0 Å². The molecule has 7 nitrogen and oxygen atoms in total. The average molecular weight is 354 g/mol. The Morgan fingerprint density at radius 1 is 1.12 bits per heavy atom.